The highest BCUT2D eigenvalue weighted by Gasteiger charge is 2.40. The Morgan fingerprint density at radius 1 is 1.19 bits per heavy atom. The maximum Gasteiger partial charge on any atom is 0.222 e. The van der Waals surface area contributed by atoms with E-state index in [4.69, 9.17) is 5.11 Å². The van der Waals surface area contributed by atoms with Crippen LogP contribution in [0.15, 0.2) is 12.4 Å². The zero-order valence-electron chi connectivity index (χ0n) is 16.2. The second-order valence-electron chi connectivity index (χ2n) is 8.27. The molecule has 1 aromatic rings. The molecule has 0 unspecified atom stereocenters. The lowest BCUT2D eigenvalue weighted by Gasteiger charge is -2.47. The van der Waals surface area contributed by atoms with Gasteiger partial charge in [-0.1, -0.05) is 13.8 Å². The third kappa shape index (κ3) is 4.60. The van der Waals surface area contributed by atoms with Crippen LogP contribution in [0.2, 0.25) is 0 Å². The molecule has 1 amide bonds. The molecule has 6 nitrogen and oxygen atoms in total. The van der Waals surface area contributed by atoms with Gasteiger partial charge in [0.25, 0.3) is 0 Å². The summed E-state index contributed by atoms with van der Waals surface area (Å²) < 4.78 is 0. The second-order valence-corrected chi connectivity index (χ2v) is 8.27. The number of aliphatic hydroxyl groups excluding tert-OH is 1. The number of nitrogens with zero attached hydrogens (tertiary/aromatic N) is 4. The zero-order valence-corrected chi connectivity index (χ0v) is 16.2. The number of amides is 1. The summed E-state index contributed by atoms with van der Waals surface area (Å²) in [7, 11) is 0. The molecule has 3 heterocycles. The molecule has 144 valence electrons. The number of hydrogen-bond acceptors (Lipinski definition) is 5. The maximum atomic E-state index is 12.1. The van der Waals surface area contributed by atoms with E-state index in [1.54, 1.807) is 0 Å². The number of aromatic nitrogens is 2. The minimum absolute atomic E-state index is 0.155. The standard InChI is InChI=1S/C20H32N4O2/c1-16(2)19-21-12-17(13-22-19)14-23-9-6-20(7-10-23)5-4-18(26)24(15-20)8-3-11-25/h12-13,16,25H,3-11,14-15H2,1-2H3. The first kappa shape index (κ1) is 19.2. The normalized spacial score (nSPS) is 20.9. The number of hydrogen-bond donors (Lipinski definition) is 1. The fourth-order valence-electron chi connectivity index (χ4n) is 4.16. The van der Waals surface area contributed by atoms with Gasteiger partial charge in [-0.05, 0) is 44.2 Å². The lowest BCUT2D eigenvalue weighted by molar-refractivity contribution is -0.139. The Balaban J connectivity index is 1.52. The van der Waals surface area contributed by atoms with E-state index in [1.807, 2.05) is 17.3 Å². The van der Waals surface area contributed by atoms with E-state index in [0.29, 0.717) is 25.3 Å². The predicted molar refractivity (Wildman–Crippen MR) is 101 cm³/mol. The molecule has 6 heteroatoms. The molecule has 0 saturated carbocycles. The van der Waals surface area contributed by atoms with Crippen LogP contribution in [0, 0.1) is 5.41 Å². The van der Waals surface area contributed by atoms with Crippen LogP contribution >= 0.6 is 0 Å². The molecule has 0 aromatic carbocycles. The number of piperidine rings is 2. The zero-order chi connectivity index (χ0) is 18.6. The summed E-state index contributed by atoms with van der Waals surface area (Å²) in [4.78, 5) is 25.5. The monoisotopic (exact) mass is 360 g/mol. The van der Waals surface area contributed by atoms with Gasteiger partial charge in [-0.2, -0.15) is 0 Å². The molecule has 1 spiro atoms. The van der Waals surface area contributed by atoms with Crippen molar-refractivity contribution in [3.8, 4) is 0 Å². The topological polar surface area (TPSA) is 69.6 Å². The molecule has 0 bridgehead atoms. The van der Waals surface area contributed by atoms with Crippen molar-refractivity contribution in [3.63, 3.8) is 0 Å². The third-order valence-electron chi connectivity index (χ3n) is 5.90. The maximum absolute atomic E-state index is 12.1. The van der Waals surface area contributed by atoms with Crippen LogP contribution in [0.4, 0.5) is 0 Å². The Hall–Kier alpha value is -1.53. The molecule has 1 N–H and O–H groups in total. The Morgan fingerprint density at radius 2 is 1.88 bits per heavy atom. The van der Waals surface area contributed by atoms with E-state index >= 15 is 0 Å². The minimum Gasteiger partial charge on any atom is -0.396 e. The Bertz CT molecular complexity index is 594. The van der Waals surface area contributed by atoms with Gasteiger partial charge in [0.15, 0.2) is 0 Å². The van der Waals surface area contributed by atoms with Crippen molar-refractivity contribution in [2.75, 3.05) is 32.8 Å². The van der Waals surface area contributed by atoms with Crippen molar-refractivity contribution in [3.05, 3.63) is 23.8 Å². The van der Waals surface area contributed by atoms with Crippen molar-refractivity contribution in [1.82, 2.24) is 19.8 Å². The lowest BCUT2D eigenvalue weighted by atomic mass is 9.72. The molecule has 3 rings (SSSR count). The molecule has 2 fully saturated rings. The van der Waals surface area contributed by atoms with Gasteiger partial charge >= 0.3 is 0 Å². The molecule has 26 heavy (non-hydrogen) atoms. The Morgan fingerprint density at radius 3 is 2.50 bits per heavy atom. The van der Waals surface area contributed by atoms with Crippen LogP contribution in [0.3, 0.4) is 0 Å². The van der Waals surface area contributed by atoms with E-state index in [0.717, 1.165) is 51.3 Å². The van der Waals surface area contributed by atoms with Gasteiger partial charge < -0.3 is 10.0 Å². The highest BCUT2D eigenvalue weighted by Crippen LogP contribution is 2.40. The van der Waals surface area contributed by atoms with E-state index in [2.05, 4.69) is 28.7 Å². The fourth-order valence-corrected chi connectivity index (χ4v) is 4.16. The van der Waals surface area contributed by atoms with Gasteiger partial charge in [0.05, 0.1) is 0 Å². The van der Waals surface area contributed by atoms with Gasteiger partial charge in [0, 0.05) is 56.5 Å². The molecular weight excluding hydrogens is 328 g/mol. The smallest absolute Gasteiger partial charge is 0.222 e. The molecular formula is C20H32N4O2. The average molecular weight is 361 g/mol. The molecule has 2 aliphatic heterocycles. The summed E-state index contributed by atoms with van der Waals surface area (Å²) in [5.74, 6) is 1.52. The predicted octanol–water partition coefficient (Wildman–Crippen LogP) is 2.19. The van der Waals surface area contributed by atoms with E-state index in [-0.39, 0.29) is 17.9 Å². The molecule has 0 aliphatic carbocycles. The highest BCUT2D eigenvalue weighted by molar-refractivity contribution is 5.77. The van der Waals surface area contributed by atoms with Crippen molar-refractivity contribution >= 4 is 5.91 Å². The number of rotatable bonds is 6. The van der Waals surface area contributed by atoms with E-state index < -0.39 is 0 Å². The van der Waals surface area contributed by atoms with Crippen molar-refractivity contribution in [2.24, 2.45) is 5.41 Å². The number of carbonyl (C=O) groups is 1. The summed E-state index contributed by atoms with van der Waals surface area (Å²) in [6.45, 7) is 8.97. The van der Waals surface area contributed by atoms with Crippen molar-refractivity contribution < 1.29 is 9.90 Å². The molecule has 1 aromatic heterocycles. The quantitative estimate of drug-likeness (QED) is 0.842. The van der Waals surface area contributed by atoms with Crippen LogP contribution in [-0.2, 0) is 11.3 Å². The Kier molecular flexibility index (Phi) is 6.24. The van der Waals surface area contributed by atoms with Gasteiger partial charge in [-0.15, -0.1) is 0 Å². The summed E-state index contributed by atoms with van der Waals surface area (Å²) >= 11 is 0. The first-order chi connectivity index (χ1) is 12.5. The van der Waals surface area contributed by atoms with Gasteiger partial charge in [-0.3, -0.25) is 9.69 Å². The number of aliphatic hydroxyl groups is 1. The molecule has 0 atom stereocenters. The summed E-state index contributed by atoms with van der Waals surface area (Å²) in [5, 5.41) is 9.05. The van der Waals surface area contributed by atoms with Crippen LogP contribution < -0.4 is 0 Å². The molecule has 2 saturated heterocycles. The second kappa shape index (κ2) is 8.44. The molecule has 2 aliphatic rings. The van der Waals surface area contributed by atoms with Crippen LogP contribution in [0.1, 0.15) is 63.3 Å². The van der Waals surface area contributed by atoms with Gasteiger partial charge in [0.1, 0.15) is 5.82 Å². The van der Waals surface area contributed by atoms with Crippen LogP contribution in [-0.4, -0.2) is 63.6 Å². The third-order valence-corrected chi connectivity index (χ3v) is 5.90. The van der Waals surface area contributed by atoms with Crippen molar-refractivity contribution in [1.29, 1.82) is 0 Å². The first-order valence-corrected chi connectivity index (χ1v) is 9.93. The van der Waals surface area contributed by atoms with E-state index in [9.17, 15) is 4.79 Å². The first-order valence-electron chi connectivity index (χ1n) is 9.93. The summed E-state index contributed by atoms with van der Waals surface area (Å²) in [5.41, 5.74) is 1.45. The van der Waals surface area contributed by atoms with E-state index in [1.165, 1.54) is 5.56 Å². The summed E-state index contributed by atoms with van der Waals surface area (Å²) in [6.07, 6.45) is 8.56. The highest BCUT2D eigenvalue weighted by atomic mass is 16.3. The number of likely N-dealkylation sites (tertiary alicyclic amines) is 2. The van der Waals surface area contributed by atoms with Crippen LogP contribution in [0.25, 0.3) is 0 Å². The Labute approximate surface area is 156 Å². The van der Waals surface area contributed by atoms with Gasteiger partial charge in [0.2, 0.25) is 5.91 Å². The van der Waals surface area contributed by atoms with Crippen LogP contribution in [0.5, 0.6) is 0 Å². The molecule has 0 radical (unpaired) electrons. The SMILES string of the molecule is CC(C)c1ncc(CN2CCC3(CCC(=O)N(CCCO)C3)CC2)cn1. The van der Waals surface area contributed by atoms with Crippen molar-refractivity contribution in [2.45, 2.75) is 58.4 Å². The summed E-state index contributed by atoms with van der Waals surface area (Å²) in [6, 6.07) is 0. The number of carbonyl (C=O) groups excluding carboxylic acids is 1. The lowest BCUT2D eigenvalue weighted by Crippen LogP contribution is -2.51. The average Bonchev–Trinajstić information content (AvgIpc) is 2.65. The largest absolute Gasteiger partial charge is 0.396 e. The fraction of sp³-hybridized carbons (Fsp3) is 0.750. The minimum atomic E-state index is 0.155. The van der Waals surface area contributed by atoms with Gasteiger partial charge in [-0.25, -0.2) is 9.97 Å².